The molecule has 0 aromatic heterocycles. The van der Waals surface area contributed by atoms with Crippen molar-refractivity contribution in [2.75, 3.05) is 6.61 Å². The van der Waals surface area contributed by atoms with Crippen LogP contribution in [-0.4, -0.2) is 12.7 Å². The minimum absolute atomic E-state index is 0.356. The van der Waals surface area contributed by atoms with Crippen molar-refractivity contribution in [1.29, 1.82) is 0 Å². The number of hydrogen-bond donors (Lipinski definition) is 1. The number of benzene rings is 1. The summed E-state index contributed by atoms with van der Waals surface area (Å²) in [4.78, 5) is 11.0. The molecule has 1 atom stereocenters. The summed E-state index contributed by atoms with van der Waals surface area (Å²) in [6.07, 6.45) is 1.43. The maximum atomic E-state index is 11.0. The van der Waals surface area contributed by atoms with E-state index in [1.54, 1.807) is 6.08 Å². The minimum Gasteiger partial charge on any atom is -0.447 e. The van der Waals surface area contributed by atoms with E-state index < -0.39 is 5.54 Å². The zero-order valence-electron chi connectivity index (χ0n) is 8.62. The second kappa shape index (κ2) is 3.42. The van der Waals surface area contributed by atoms with Crippen molar-refractivity contribution in [2.24, 2.45) is 0 Å². The molecule has 0 spiro atoms. The van der Waals surface area contributed by atoms with E-state index >= 15 is 0 Å². The SMILES string of the molecule is C=Cc1ccc(C2(C)COC(=O)N2)cc1. The van der Waals surface area contributed by atoms with Gasteiger partial charge in [0.15, 0.2) is 0 Å². The van der Waals surface area contributed by atoms with Gasteiger partial charge in [-0.1, -0.05) is 36.9 Å². The Kier molecular flexibility index (Phi) is 2.23. The third kappa shape index (κ3) is 1.73. The molecular formula is C12H13NO2. The van der Waals surface area contributed by atoms with Crippen molar-refractivity contribution in [3.63, 3.8) is 0 Å². The molecule has 3 nitrogen and oxygen atoms in total. The Morgan fingerprint density at radius 2 is 2.13 bits per heavy atom. The summed E-state index contributed by atoms with van der Waals surface area (Å²) in [5, 5.41) is 2.80. The average Bonchev–Trinajstić information content (AvgIpc) is 2.60. The summed E-state index contributed by atoms with van der Waals surface area (Å²) < 4.78 is 4.91. The summed E-state index contributed by atoms with van der Waals surface area (Å²) >= 11 is 0. The van der Waals surface area contributed by atoms with Crippen LogP contribution in [0.1, 0.15) is 18.1 Å². The van der Waals surface area contributed by atoms with E-state index in [0.29, 0.717) is 6.61 Å². The van der Waals surface area contributed by atoms with Gasteiger partial charge in [0, 0.05) is 0 Å². The first-order valence-corrected chi connectivity index (χ1v) is 4.82. The highest BCUT2D eigenvalue weighted by Gasteiger charge is 2.36. The average molecular weight is 203 g/mol. The fraction of sp³-hybridized carbons (Fsp3) is 0.250. The molecule has 0 radical (unpaired) electrons. The lowest BCUT2D eigenvalue weighted by atomic mass is 9.93. The van der Waals surface area contributed by atoms with Crippen LogP contribution < -0.4 is 5.32 Å². The van der Waals surface area contributed by atoms with Crippen molar-refractivity contribution >= 4 is 12.2 Å². The van der Waals surface area contributed by atoms with E-state index in [0.717, 1.165) is 11.1 Å². The van der Waals surface area contributed by atoms with Crippen molar-refractivity contribution in [3.8, 4) is 0 Å². The number of amides is 1. The molecule has 78 valence electrons. The third-order valence-corrected chi connectivity index (χ3v) is 2.65. The quantitative estimate of drug-likeness (QED) is 0.800. The maximum Gasteiger partial charge on any atom is 0.408 e. The Morgan fingerprint density at radius 3 is 2.60 bits per heavy atom. The van der Waals surface area contributed by atoms with Crippen LogP contribution in [0.2, 0.25) is 0 Å². The highest BCUT2D eigenvalue weighted by Crippen LogP contribution is 2.25. The Balaban J connectivity index is 2.29. The first-order valence-electron chi connectivity index (χ1n) is 4.82. The van der Waals surface area contributed by atoms with Crippen molar-refractivity contribution in [2.45, 2.75) is 12.5 Å². The summed E-state index contributed by atoms with van der Waals surface area (Å²) in [5.74, 6) is 0. The summed E-state index contributed by atoms with van der Waals surface area (Å²) in [7, 11) is 0. The smallest absolute Gasteiger partial charge is 0.408 e. The predicted octanol–water partition coefficient (Wildman–Crippen LogP) is 2.28. The monoisotopic (exact) mass is 203 g/mol. The summed E-state index contributed by atoms with van der Waals surface area (Å²) in [6.45, 7) is 6.01. The number of carbonyl (C=O) groups is 1. The normalized spacial score (nSPS) is 24.5. The predicted molar refractivity (Wildman–Crippen MR) is 58.4 cm³/mol. The molecular weight excluding hydrogens is 190 g/mol. The van der Waals surface area contributed by atoms with Crippen molar-refractivity contribution in [3.05, 3.63) is 42.0 Å². The zero-order valence-corrected chi connectivity index (χ0v) is 8.62. The van der Waals surface area contributed by atoms with Crippen LogP contribution in [0.15, 0.2) is 30.8 Å². The number of carbonyl (C=O) groups excluding carboxylic acids is 1. The molecule has 1 amide bonds. The fourth-order valence-corrected chi connectivity index (χ4v) is 1.65. The molecule has 1 heterocycles. The Morgan fingerprint density at radius 1 is 1.47 bits per heavy atom. The van der Waals surface area contributed by atoms with Crippen LogP contribution in [0.3, 0.4) is 0 Å². The van der Waals surface area contributed by atoms with Crippen LogP contribution in [0.4, 0.5) is 4.79 Å². The van der Waals surface area contributed by atoms with E-state index in [4.69, 9.17) is 4.74 Å². The fourth-order valence-electron chi connectivity index (χ4n) is 1.65. The van der Waals surface area contributed by atoms with Gasteiger partial charge >= 0.3 is 6.09 Å². The number of cyclic esters (lactones) is 1. The van der Waals surface area contributed by atoms with Crippen LogP contribution in [0.5, 0.6) is 0 Å². The lowest BCUT2D eigenvalue weighted by Gasteiger charge is -2.21. The molecule has 15 heavy (non-hydrogen) atoms. The van der Waals surface area contributed by atoms with E-state index in [2.05, 4.69) is 11.9 Å². The van der Waals surface area contributed by atoms with Gasteiger partial charge in [-0.25, -0.2) is 4.79 Å². The van der Waals surface area contributed by atoms with E-state index in [1.165, 1.54) is 0 Å². The minimum atomic E-state index is -0.406. The van der Waals surface area contributed by atoms with Gasteiger partial charge in [-0.3, -0.25) is 0 Å². The van der Waals surface area contributed by atoms with Gasteiger partial charge in [0.05, 0.1) is 5.54 Å². The first-order chi connectivity index (χ1) is 7.14. The highest BCUT2D eigenvalue weighted by atomic mass is 16.6. The van der Waals surface area contributed by atoms with Gasteiger partial charge in [-0.2, -0.15) is 0 Å². The molecule has 2 rings (SSSR count). The van der Waals surface area contributed by atoms with Crippen LogP contribution in [-0.2, 0) is 10.3 Å². The third-order valence-electron chi connectivity index (χ3n) is 2.65. The molecule has 1 aliphatic heterocycles. The summed E-state index contributed by atoms with van der Waals surface area (Å²) in [5.41, 5.74) is 1.70. The number of rotatable bonds is 2. The highest BCUT2D eigenvalue weighted by molar-refractivity contribution is 5.71. The molecule has 1 saturated heterocycles. The van der Waals surface area contributed by atoms with Crippen molar-refractivity contribution < 1.29 is 9.53 Å². The number of ether oxygens (including phenoxy) is 1. The topological polar surface area (TPSA) is 38.3 Å². The lowest BCUT2D eigenvalue weighted by Crippen LogP contribution is -2.37. The maximum absolute atomic E-state index is 11.0. The van der Waals surface area contributed by atoms with Gasteiger partial charge in [-0.05, 0) is 18.1 Å². The van der Waals surface area contributed by atoms with Crippen LogP contribution in [0, 0.1) is 0 Å². The Bertz CT molecular complexity index is 397. The first kappa shape index (κ1) is 9.77. The second-order valence-corrected chi connectivity index (χ2v) is 3.86. The van der Waals surface area contributed by atoms with Gasteiger partial charge in [0.2, 0.25) is 0 Å². The Labute approximate surface area is 88.8 Å². The molecule has 1 aliphatic rings. The van der Waals surface area contributed by atoms with Gasteiger partial charge in [0.1, 0.15) is 6.61 Å². The van der Waals surface area contributed by atoms with Gasteiger partial charge < -0.3 is 10.1 Å². The molecule has 1 N–H and O–H groups in total. The molecule has 1 fully saturated rings. The molecule has 1 unspecified atom stereocenters. The number of hydrogen-bond acceptors (Lipinski definition) is 2. The van der Waals surface area contributed by atoms with Crippen molar-refractivity contribution in [1.82, 2.24) is 5.32 Å². The molecule has 1 aromatic rings. The Hall–Kier alpha value is -1.77. The lowest BCUT2D eigenvalue weighted by molar-refractivity contribution is 0.173. The van der Waals surface area contributed by atoms with Crippen LogP contribution in [0.25, 0.3) is 6.08 Å². The second-order valence-electron chi connectivity index (χ2n) is 3.86. The number of alkyl carbamates (subject to hydrolysis) is 1. The summed E-state index contributed by atoms with van der Waals surface area (Å²) in [6, 6.07) is 7.90. The van der Waals surface area contributed by atoms with Crippen LogP contribution >= 0.6 is 0 Å². The number of nitrogens with one attached hydrogen (secondary N) is 1. The zero-order chi connectivity index (χ0) is 10.9. The largest absolute Gasteiger partial charge is 0.447 e. The molecule has 3 heteroatoms. The standard InChI is InChI=1S/C12H13NO2/c1-3-9-4-6-10(7-5-9)12(2)8-15-11(14)13-12/h3-7H,1,8H2,2H3,(H,13,14). The van der Waals surface area contributed by atoms with Gasteiger partial charge in [-0.15, -0.1) is 0 Å². The molecule has 0 saturated carbocycles. The molecule has 0 bridgehead atoms. The van der Waals surface area contributed by atoms with E-state index in [1.807, 2.05) is 31.2 Å². The van der Waals surface area contributed by atoms with E-state index in [9.17, 15) is 4.79 Å². The van der Waals surface area contributed by atoms with E-state index in [-0.39, 0.29) is 6.09 Å². The van der Waals surface area contributed by atoms with Gasteiger partial charge in [0.25, 0.3) is 0 Å². The molecule has 0 aliphatic carbocycles. The molecule has 1 aromatic carbocycles.